The molecule has 1 saturated heterocycles. The molecule has 1 amide bonds. The molecular formula is C21H26N2O3. The molecule has 0 radical (unpaired) electrons. The highest BCUT2D eigenvalue weighted by molar-refractivity contribution is 5.81. The van der Waals surface area contributed by atoms with Crippen LogP contribution in [0.5, 0.6) is 11.5 Å². The Hall–Kier alpha value is -2.53. The van der Waals surface area contributed by atoms with E-state index in [0.717, 1.165) is 38.5 Å². The van der Waals surface area contributed by atoms with Crippen LogP contribution < -0.4 is 9.47 Å². The number of benzene rings is 2. The lowest BCUT2D eigenvalue weighted by Crippen LogP contribution is -2.51. The smallest absolute Gasteiger partial charge is 0.263 e. The van der Waals surface area contributed by atoms with Crippen molar-refractivity contribution in [1.29, 1.82) is 0 Å². The molecule has 0 N–H and O–H groups in total. The van der Waals surface area contributed by atoms with E-state index < -0.39 is 6.10 Å². The van der Waals surface area contributed by atoms with E-state index in [2.05, 4.69) is 29.2 Å². The number of ether oxygens (including phenoxy) is 2. The number of nitrogens with zero attached hydrogens (tertiary/aromatic N) is 2. The van der Waals surface area contributed by atoms with Gasteiger partial charge in [0.2, 0.25) is 0 Å². The second kappa shape index (κ2) is 8.72. The predicted octanol–water partition coefficient (Wildman–Crippen LogP) is 2.81. The van der Waals surface area contributed by atoms with E-state index in [4.69, 9.17) is 9.47 Å². The van der Waals surface area contributed by atoms with Crippen LogP contribution in [-0.4, -0.2) is 55.1 Å². The molecule has 2 aromatic rings. The van der Waals surface area contributed by atoms with Gasteiger partial charge in [-0.1, -0.05) is 36.4 Å². The molecule has 0 spiro atoms. The number of carbonyl (C=O) groups excluding carboxylic acids is 1. The Bertz CT molecular complexity index is 712. The Balaban J connectivity index is 1.49. The van der Waals surface area contributed by atoms with Crippen LogP contribution in [0.4, 0.5) is 0 Å². The van der Waals surface area contributed by atoms with Crippen LogP contribution >= 0.6 is 0 Å². The first-order valence-corrected chi connectivity index (χ1v) is 9.01. The monoisotopic (exact) mass is 354 g/mol. The second-order valence-electron chi connectivity index (χ2n) is 6.53. The van der Waals surface area contributed by atoms with Gasteiger partial charge in [0.05, 0.1) is 7.11 Å². The average molecular weight is 354 g/mol. The van der Waals surface area contributed by atoms with Crippen LogP contribution in [0.3, 0.4) is 0 Å². The number of hydrogen-bond acceptors (Lipinski definition) is 4. The van der Waals surface area contributed by atoms with Crippen LogP contribution in [0.2, 0.25) is 0 Å². The second-order valence-corrected chi connectivity index (χ2v) is 6.53. The van der Waals surface area contributed by atoms with Gasteiger partial charge in [-0.3, -0.25) is 9.69 Å². The first kappa shape index (κ1) is 18.3. The fourth-order valence-corrected chi connectivity index (χ4v) is 3.15. The maximum atomic E-state index is 12.7. The van der Waals surface area contributed by atoms with Crippen molar-refractivity contribution in [2.45, 2.75) is 19.6 Å². The Kier molecular flexibility index (Phi) is 6.12. The quantitative estimate of drug-likeness (QED) is 0.800. The molecule has 3 rings (SSSR count). The van der Waals surface area contributed by atoms with Crippen molar-refractivity contribution in [2.75, 3.05) is 33.3 Å². The molecule has 1 aliphatic rings. The minimum absolute atomic E-state index is 0.0344. The van der Waals surface area contributed by atoms with Crippen LogP contribution in [0, 0.1) is 0 Å². The highest BCUT2D eigenvalue weighted by Crippen LogP contribution is 2.20. The maximum Gasteiger partial charge on any atom is 0.263 e. The molecule has 0 bridgehead atoms. The molecular weight excluding hydrogens is 328 g/mol. The zero-order valence-electron chi connectivity index (χ0n) is 15.4. The fourth-order valence-electron chi connectivity index (χ4n) is 3.15. The molecule has 0 unspecified atom stereocenters. The van der Waals surface area contributed by atoms with Gasteiger partial charge in [0.25, 0.3) is 5.91 Å². The Morgan fingerprint density at radius 1 is 1.00 bits per heavy atom. The van der Waals surface area contributed by atoms with Crippen LogP contribution in [-0.2, 0) is 11.3 Å². The standard InChI is InChI=1S/C21H26N2O3/c1-17(26-20-10-6-9-19(15-20)25-2)21(24)23-13-11-22(12-14-23)16-18-7-4-3-5-8-18/h3-10,15,17H,11-14,16H2,1-2H3/t17-/m1/s1. The lowest BCUT2D eigenvalue weighted by Gasteiger charge is -2.35. The number of amides is 1. The molecule has 2 aromatic carbocycles. The normalized spacial score (nSPS) is 16.2. The summed E-state index contributed by atoms with van der Waals surface area (Å²) in [6.07, 6.45) is -0.511. The largest absolute Gasteiger partial charge is 0.497 e. The topological polar surface area (TPSA) is 42.0 Å². The molecule has 1 fully saturated rings. The van der Waals surface area contributed by atoms with Crippen LogP contribution in [0.15, 0.2) is 54.6 Å². The van der Waals surface area contributed by atoms with Gasteiger partial charge in [0, 0.05) is 38.8 Å². The minimum atomic E-state index is -0.511. The molecule has 0 aliphatic carbocycles. The highest BCUT2D eigenvalue weighted by atomic mass is 16.5. The van der Waals surface area contributed by atoms with Crippen molar-refractivity contribution in [3.05, 3.63) is 60.2 Å². The highest BCUT2D eigenvalue weighted by Gasteiger charge is 2.26. The first-order valence-electron chi connectivity index (χ1n) is 9.01. The third-order valence-corrected chi connectivity index (χ3v) is 4.63. The van der Waals surface area contributed by atoms with Gasteiger partial charge in [-0.2, -0.15) is 0 Å². The zero-order valence-corrected chi connectivity index (χ0v) is 15.4. The van der Waals surface area contributed by atoms with Gasteiger partial charge in [0.15, 0.2) is 6.10 Å². The van der Waals surface area contributed by atoms with Crippen molar-refractivity contribution < 1.29 is 14.3 Å². The van der Waals surface area contributed by atoms with Crippen molar-refractivity contribution in [3.8, 4) is 11.5 Å². The molecule has 1 atom stereocenters. The third-order valence-electron chi connectivity index (χ3n) is 4.63. The van der Waals surface area contributed by atoms with Gasteiger partial charge in [-0.05, 0) is 24.6 Å². The molecule has 5 heteroatoms. The Morgan fingerprint density at radius 3 is 2.38 bits per heavy atom. The first-order chi connectivity index (χ1) is 12.7. The van der Waals surface area contributed by atoms with Crippen LogP contribution in [0.1, 0.15) is 12.5 Å². The van der Waals surface area contributed by atoms with E-state index in [-0.39, 0.29) is 5.91 Å². The number of methoxy groups -OCH3 is 1. The predicted molar refractivity (Wildman–Crippen MR) is 101 cm³/mol. The lowest BCUT2D eigenvalue weighted by atomic mass is 10.2. The van der Waals surface area contributed by atoms with E-state index in [1.807, 2.05) is 29.2 Å². The van der Waals surface area contributed by atoms with Gasteiger partial charge < -0.3 is 14.4 Å². The summed E-state index contributed by atoms with van der Waals surface area (Å²) in [5.41, 5.74) is 1.31. The summed E-state index contributed by atoms with van der Waals surface area (Å²) in [6, 6.07) is 17.8. The third kappa shape index (κ3) is 4.76. The summed E-state index contributed by atoms with van der Waals surface area (Å²) < 4.78 is 11.0. The zero-order chi connectivity index (χ0) is 18.4. The van der Waals surface area contributed by atoms with Crippen molar-refractivity contribution in [1.82, 2.24) is 9.80 Å². The summed E-state index contributed by atoms with van der Waals surface area (Å²) >= 11 is 0. The summed E-state index contributed by atoms with van der Waals surface area (Å²) in [5, 5.41) is 0. The van der Waals surface area contributed by atoms with Gasteiger partial charge in [0.1, 0.15) is 11.5 Å². The summed E-state index contributed by atoms with van der Waals surface area (Å²) in [6.45, 7) is 5.96. The van der Waals surface area contributed by atoms with Crippen molar-refractivity contribution in [3.63, 3.8) is 0 Å². The lowest BCUT2D eigenvalue weighted by molar-refractivity contribution is -0.139. The van der Waals surface area contributed by atoms with Crippen LogP contribution in [0.25, 0.3) is 0 Å². The number of hydrogen-bond donors (Lipinski definition) is 0. The minimum Gasteiger partial charge on any atom is -0.497 e. The molecule has 26 heavy (non-hydrogen) atoms. The molecule has 0 aromatic heterocycles. The number of carbonyl (C=O) groups is 1. The van der Waals surface area contributed by atoms with E-state index in [9.17, 15) is 4.79 Å². The molecule has 138 valence electrons. The molecule has 5 nitrogen and oxygen atoms in total. The number of rotatable bonds is 6. The van der Waals surface area contributed by atoms with Crippen molar-refractivity contribution in [2.24, 2.45) is 0 Å². The molecule has 0 saturated carbocycles. The average Bonchev–Trinajstić information content (AvgIpc) is 2.69. The fraction of sp³-hybridized carbons (Fsp3) is 0.381. The summed E-state index contributed by atoms with van der Waals surface area (Å²) in [4.78, 5) is 16.9. The van der Waals surface area contributed by atoms with Gasteiger partial charge in [-0.25, -0.2) is 0 Å². The van der Waals surface area contributed by atoms with E-state index >= 15 is 0 Å². The Morgan fingerprint density at radius 2 is 1.69 bits per heavy atom. The van der Waals surface area contributed by atoms with Gasteiger partial charge >= 0.3 is 0 Å². The number of piperazine rings is 1. The summed E-state index contributed by atoms with van der Waals surface area (Å²) in [5.74, 6) is 1.40. The van der Waals surface area contributed by atoms with E-state index in [0.29, 0.717) is 5.75 Å². The molecule has 1 aliphatic heterocycles. The van der Waals surface area contributed by atoms with Crippen molar-refractivity contribution >= 4 is 5.91 Å². The van der Waals surface area contributed by atoms with E-state index in [1.165, 1.54) is 5.56 Å². The van der Waals surface area contributed by atoms with Gasteiger partial charge in [-0.15, -0.1) is 0 Å². The Labute approximate surface area is 155 Å². The van der Waals surface area contributed by atoms with E-state index in [1.54, 1.807) is 20.1 Å². The maximum absolute atomic E-state index is 12.7. The summed E-state index contributed by atoms with van der Waals surface area (Å²) in [7, 11) is 1.61. The SMILES string of the molecule is COc1cccc(O[C@H](C)C(=O)N2CCN(Cc3ccccc3)CC2)c1. The molecule has 1 heterocycles.